The molecule has 1 aromatic rings. The number of carbonyl (C=O) groups excluding carboxylic acids is 1. The molecule has 1 amide bonds. The van der Waals surface area contributed by atoms with E-state index in [0.717, 1.165) is 31.6 Å². The highest BCUT2D eigenvalue weighted by molar-refractivity contribution is 5.67. The summed E-state index contributed by atoms with van der Waals surface area (Å²) in [4.78, 5) is 15.5. The van der Waals surface area contributed by atoms with Crippen molar-refractivity contribution in [2.75, 3.05) is 13.2 Å². The van der Waals surface area contributed by atoms with Crippen LogP contribution in [0.2, 0.25) is 0 Å². The Morgan fingerprint density at radius 1 is 1.50 bits per heavy atom. The summed E-state index contributed by atoms with van der Waals surface area (Å²) < 4.78 is 10.6. The molecule has 1 aliphatic heterocycles. The molecule has 1 atom stereocenters. The molecule has 2 heterocycles. The lowest BCUT2D eigenvalue weighted by molar-refractivity contribution is -0.0224. The smallest absolute Gasteiger partial charge is 0.407 e. The maximum absolute atomic E-state index is 11.4. The third kappa shape index (κ3) is 4.33. The lowest BCUT2D eigenvalue weighted by atomic mass is 10.1. The van der Waals surface area contributed by atoms with Crippen LogP contribution < -0.4 is 5.32 Å². The molecular weight excluding hydrogens is 232 g/mol. The molecule has 1 saturated heterocycles. The first-order valence-electron chi connectivity index (χ1n) is 6.27. The number of nitrogens with one attached hydrogen (secondary N) is 1. The summed E-state index contributed by atoms with van der Waals surface area (Å²) >= 11 is 0. The van der Waals surface area contributed by atoms with Crippen LogP contribution in [0.15, 0.2) is 24.4 Å². The van der Waals surface area contributed by atoms with Crippen molar-refractivity contribution in [2.45, 2.75) is 31.9 Å². The summed E-state index contributed by atoms with van der Waals surface area (Å²) in [5.41, 5.74) is 0.809. The van der Waals surface area contributed by atoms with Gasteiger partial charge in [0.1, 0.15) is 6.61 Å². The Bertz CT molecular complexity index is 364. The van der Waals surface area contributed by atoms with E-state index in [0.29, 0.717) is 13.2 Å². The fourth-order valence-corrected chi connectivity index (χ4v) is 1.82. The third-order valence-corrected chi connectivity index (χ3v) is 2.81. The molecule has 5 heteroatoms. The second-order valence-corrected chi connectivity index (χ2v) is 4.26. The number of carbonyl (C=O) groups is 1. The van der Waals surface area contributed by atoms with E-state index in [2.05, 4.69) is 10.3 Å². The maximum atomic E-state index is 11.4. The molecule has 1 fully saturated rings. The van der Waals surface area contributed by atoms with Gasteiger partial charge in [0.2, 0.25) is 0 Å². The van der Waals surface area contributed by atoms with E-state index >= 15 is 0 Å². The molecule has 0 unspecified atom stereocenters. The predicted molar refractivity (Wildman–Crippen MR) is 66.0 cm³/mol. The zero-order valence-corrected chi connectivity index (χ0v) is 10.3. The van der Waals surface area contributed by atoms with Crippen molar-refractivity contribution < 1.29 is 14.3 Å². The first-order chi connectivity index (χ1) is 8.84. The number of alkyl carbamates (subject to hydrolysis) is 1. The number of aromatic nitrogens is 1. The van der Waals surface area contributed by atoms with Gasteiger partial charge in [0.05, 0.1) is 18.3 Å². The molecule has 18 heavy (non-hydrogen) atoms. The number of ether oxygens (including phenoxy) is 2. The van der Waals surface area contributed by atoms with Crippen LogP contribution in [0.3, 0.4) is 0 Å². The second kappa shape index (κ2) is 6.96. The van der Waals surface area contributed by atoms with Crippen LogP contribution in [0, 0.1) is 0 Å². The molecular formula is C13H18N2O3. The van der Waals surface area contributed by atoms with Crippen molar-refractivity contribution in [3.05, 3.63) is 30.1 Å². The number of amides is 1. The summed E-state index contributed by atoms with van der Waals surface area (Å²) in [6.07, 6.45) is 4.53. The monoisotopic (exact) mass is 250 g/mol. The van der Waals surface area contributed by atoms with Crippen LogP contribution in [0.4, 0.5) is 4.79 Å². The van der Waals surface area contributed by atoms with E-state index in [9.17, 15) is 4.79 Å². The average molecular weight is 250 g/mol. The quantitative estimate of drug-likeness (QED) is 0.886. The second-order valence-electron chi connectivity index (χ2n) is 4.26. The van der Waals surface area contributed by atoms with Crippen molar-refractivity contribution in [3.63, 3.8) is 0 Å². The lowest BCUT2D eigenvalue weighted by Gasteiger charge is -2.22. The molecule has 0 bridgehead atoms. The summed E-state index contributed by atoms with van der Waals surface area (Å²) in [6, 6.07) is 5.57. The highest BCUT2D eigenvalue weighted by atomic mass is 16.6. The summed E-state index contributed by atoms with van der Waals surface area (Å²) in [5.74, 6) is 0. The van der Waals surface area contributed by atoms with Crippen molar-refractivity contribution in [1.82, 2.24) is 10.3 Å². The van der Waals surface area contributed by atoms with Gasteiger partial charge in [-0.05, 0) is 31.4 Å². The summed E-state index contributed by atoms with van der Waals surface area (Å²) in [7, 11) is 0. The van der Waals surface area contributed by atoms with E-state index in [4.69, 9.17) is 9.47 Å². The minimum absolute atomic E-state index is 0.0550. The van der Waals surface area contributed by atoms with Crippen molar-refractivity contribution in [2.24, 2.45) is 0 Å². The maximum Gasteiger partial charge on any atom is 0.407 e. The van der Waals surface area contributed by atoms with Gasteiger partial charge in [-0.25, -0.2) is 4.79 Å². The normalized spacial score (nSPS) is 19.2. The SMILES string of the molecule is O=C(NCc1ccccn1)OC[C@@H]1CCCCO1. The minimum atomic E-state index is -0.421. The minimum Gasteiger partial charge on any atom is -0.447 e. The average Bonchev–Trinajstić information content (AvgIpc) is 2.45. The van der Waals surface area contributed by atoms with Gasteiger partial charge in [-0.15, -0.1) is 0 Å². The van der Waals surface area contributed by atoms with Gasteiger partial charge in [0.15, 0.2) is 0 Å². The van der Waals surface area contributed by atoms with Gasteiger partial charge < -0.3 is 14.8 Å². The lowest BCUT2D eigenvalue weighted by Crippen LogP contribution is -2.30. The zero-order chi connectivity index (χ0) is 12.6. The van der Waals surface area contributed by atoms with E-state index < -0.39 is 6.09 Å². The molecule has 1 aromatic heterocycles. The van der Waals surface area contributed by atoms with Gasteiger partial charge >= 0.3 is 6.09 Å². The fourth-order valence-electron chi connectivity index (χ4n) is 1.82. The van der Waals surface area contributed by atoms with Crippen molar-refractivity contribution in [1.29, 1.82) is 0 Å². The van der Waals surface area contributed by atoms with Gasteiger partial charge in [-0.2, -0.15) is 0 Å². The van der Waals surface area contributed by atoms with Crippen molar-refractivity contribution >= 4 is 6.09 Å². The first kappa shape index (κ1) is 12.8. The third-order valence-electron chi connectivity index (χ3n) is 2.81. The van der Waals surface area contributed by atoms with Gasteiger partial charge in [0.25, 0.3) is 0 Å². The standard InChI is InChI=1S/C13H18N2O3/c16-13(15-9-11-5-1-3-7-14-11)18-10-12-6-2-4-8-17-12/h1,3,5,7,12H,2,4,6,8-10H2,(H,15,16)/t12-/m0/s1. The number of pyridine rings is 1. The van der Waals surface area contributed by atoms with Crippen LogP contribution in [0.5, 0.6) is 0 Å². The molecule has 5 nitrogen and oxygen atoms in total. The number of nitrogens with zero attached hydrogens (tertiary/aromatic N) is 1. The molecule has 2 rings (SSSR count). The van der Waals surface area contributed by atoms with Crippen LogP contribution in [-0.4, -0.2) is 30.4 Å². The van der Waals surface area contributed by atoms with E-state index in [1.807, 2.05) is 18.2 Å². The number of hydrogen-bond donors (Lipinski definition) is 1. The Morgan fingerprint density at radius 3 is 3.17 bits per heavy atom. The molecule has 0 radical (unpaired) electrons. The summed E-state index contributed by atoms with van der Waals surface area (Å²) in [6.45, 7) is 1.48. The molecule has 1 aliphatic rings. The van der Waals surface area contributed by atoms with E-state index in [1.165, 1.54) is 0 Å². The Hall–Kier alpha value is -1.62. The predicted octanol–water partition coefficient (Wildman–Crippen LogP) is 1.88. The highest BCUT2D eigenvalue weighted by Crippen LogP contribution is 2.12. The van der Waals surface area contributed by atoms with Crippen molar-refractivity contribution in [3.8, 4) is 0 Å². The van der Waals surface area contributed by atoms with Crippen LogP contribution in [-0.2, 0) is 16.0 Å². The fraction of sp³-hybridized carbons (Fsp3) is 0.538. The van der Waals surface area contributed by atoms with Gasteiger partial charge in [-0.3, -0.25) is 4.98 Å². The Labute approximate surface area is 107 Å². The van der Waals surface area contributed by atoms with Gasteiger partial charge in [-0.1, -0.05) is 6.07 Å². The topological polar surface area (TPSA) is 60.5 Å². The molecule has 0 aliphatic carbocycles. The number of hydrogen-bond acceptors (Lipinski definition) is 4. The van der Waals surface area contributed by atoms with Crippen LogP contribution >= 0.6 is 0 Å². The summed E-state index contributed by atoms with van der Waals surface area (Å²) in [5, 5.41) is 2.66. The zero-order valence-electron chi connectivity index (χ0n) is 10.3. The molecule has 0 spiro atoms. The van der Waals surface area contributed by atoms with Gasteiger partial charge in [0, 0.05) is 12.8 Å². The molecule has 0 saturated carbocycles. The molecule has 98 valence electrons. The van der Waals surface area contributed by atoms with E-state index in [1.54, 1.807) is 6.20 Å². The van der Waals surface area contributed by atoms with Crippen LogP contribution in [0.1, 0.15) is 25.0 Å². The molecule has 1 N–H and O–H groups in total. The first-order valence-corrected chi connectivity index (χ1v) is 6.27. The molecule has 0 aromatic carbocycles. The van der Waals surface area contributed by atoms with Crippen LogP contribution in [0.25, 0.3) is 0 Å². The number of rotatable bonds is 4. The van der Waals surface area contributed by atoms with E-state index in [-0.39, 0.29) is 6.10 Å². The Kier molecular flexibility index (Phi) is 4.96. The highest BCUT2D eigenvalue weighted by Gasteiger charge is 2.15. The Balaban J connectivity index is 1.63. The Morgan fingerprint density at radius 2 is 2.44 bits per heavy atom. The largest absolute Gasteiger partial charge is 0.447 e.